The van der Waals surface area contributed by atoms with Gasteiger partial charge in [-0.15, -0.1) is 0 Å². The van der Waals surface area contributed by atoms with Gasteiger partial charge in [-0.25, -0.2) is 4.79 Å². The number of esters is 1. The molecule has 0 spiro atoms. The third-order valence-electron chi connectivity index (χ3n) is 7.01. The molecule has 0 saturated carbocycles. The van der Waals surface area contributed by atoms with Crippen molar-refractivity contribution in [2.24, 2.45) is 5.92 Å². The van der Waals surface area contributed by atoms with Crippen LogP contribution in [-0.4, -0.2) is 22.8 Å². The molecule has 0 aliphatic heterocycles. The van der Waals surface area contributed by atoms with Gasteiger partial charge in [-0.3, -0.25) is 0 Å². The van der Waals surface area contributed by atoms with Gasteiger partial charge in [-0.2, -0.15) is 0 Å². The van der Waals surface area contributed by atoms with Crippen LogP contribution in [0.1, 0.15) is 146 Å². The van der Waals surface area contributed by atoms with Crippen LogP contribution in [-0.2, 0) is 4.74 Å². The van der Waals surface area contributed by atoms with Gasteiger partial charge in [0.05, 0.1) is 6.61 Å². The lowest BCUT2D eigenvalue weighted by molar-refractivity contribution is 0.0493. The van der Waals surface area contributed by atoms with Crippen molar-refractivity contribution in [3.8, 4) is 11.5 Å². The molecule has 1 unspecified atom stereocenters. The summed E-state index contributed by atoms with van der Waals surface area (Å²) in [6, 6.07) is 4.31. The first-order valence-corrected chi connectivity index (χ1v) is 14.2. The largest absolute Gasteiger partial charge is 0.504 e. The minimum absolute atomic E-state index is 0.0166. The number of phenolic OH excluding ortho intramolecular Hbond substituents is 2. The molecule has 2 N–H and O–H groups in total. The monoisotopic (exact) mass is 476 g/mol. The standard InChI is InChI=1S/C30H52O4/c1-3-26(2)22-19-17-15-13-11-9-7-5-4-6-8-10-12-14-16-18-20-25-34-30(33)27-23-21-24-28(31)29(27)32/h21,23-24,26,31-32H,3-20,22,25H2,1-2H3. The number of carbonyl (C=O) groups is 1. The zero-order valence-corrected chi connectivity index (χ0v) is 22.2. The number of carbonyl (C=O) groups excluding carboxylic acids is 1. The predicted molar refractivity (Wildman–Crippen MR) is 143 cm³/mol. The van der Waals surface area contributed by atoms with Crippen LogP contribution in [0.15, 0.2) is 18.2 Å². The van der Waals surface area contributed by atoms with E-state index in [9.17, 15) is 15.0 Å². The minimum Gasteiger partial charge on any atom is -0.504 e. The van der Waals surface area contributed by atoms with Gasteiger partial charge in [0.25, 0.3) is 0 Å². The maximum absolute atomic E-state index is 11.9. The normalized spacial score (nSPS) is 12.1. The smallest absolute Gasteiger partial charge is 0.342 e. The van der Waals surface area contributed by atoms with E-state index in [1.807, 2.05) is 0 Å². The number of phenols is 2. The molecule has 0 aliphatic carbocycles. The highest BCUT2D eigenvalue weighted by molar-refractivity contribution is 5.93. The Kier molecular flexibility index (Phi) is 18.4. The fourth-order valence-electron chi connectivity index (χ4n) is 4.39. The first-order valence-electron chi connectivity index (χ1n) is 14.2. The fourth-order valence-corrected chi connectivity index (χ4v) is 4.39. The number of rotatable bonds is 22. The van der Waals surface area contributed by atoms with Crippen molar-refractivity contribution in [1.29, 1.82) is 0 Å². The third-order valence-corrected chi connectivity index (χ3v) is 7.01. The van der Waals surface area contributed by atoms with Crippen molar-refractivity contribution in [2.75, 3.05) is 6.61 Å². The molecule has 0 fully saturated rings. The lowest BCUT2D eigenvalue weighted by atomic mass is 9.99. The Hall–Kier alpha value is -1.71. The second-order valence-corrected chi connectivity index (χ2v) is 10.1. The van der Waals surface area contributed by atoms with Gasteiger partial charge in [0.2, 0.25) is 0 Å². The van der Waals surface area contributed by atoms with Gasteiger partial charge in [-0.05, 0) is 24.5 Å². The average Bonchev–Trinajstić information content (AvgIpc) is 2.84. The van der Waals surface area contributed by atoms with Crippen LogP contribution in [0.2, 0.25) is 0 Å². The lowest BCUT2D eigenvalue weighted by Gasteiger charge is -2.07. The molecule has 0 radical (unpaired) electrons. The summed E-state index contributed by atoms with van der Waals surface area (Å²) in [7, 11) is 0. The predicted octanol–water partition coefficient (Wildman–Crippen LogP) is 9.32. The highest BCUT2D eigenvalue weighted by Gasteiger charge is 2.14. The zero-order valence-electron chi connectivity index (χ0n) is 22.2. The lowest BCUT2D eigenvalue weighted by Crippen LogP contribution is -2.06. The van der Waals surface area contributed by atoms with E-state index in [1.54, 1.807) is 0 Å². The number of benzene rings is 1. The van der Waals surface area contributed by atoms with E-state index < -0.39 is 11.7 Å². The maximum Gasteiger partial charge on any atom is 0.342 e. The molecular weight excluding hydrogens is 424 g/mol. The van der Waals surface area contributed by atoms with Crippen LogP contribution >= 0.6 is 0 Å². The van der Waals surface area contributed by atoms with Gasteiger partial charge < -0.3 is 14.9 Å². The summed E-state index contributed by atoms with van der Waals surface area (Å²) < 4.78 is 5.19. The number of hydrogen-bond acceptors (Lipinski definition) is 4. The van der Waals surface area contributed by atoms with Crippen LogP contribution in [0.4, 0.5) is 0 Å². The van der Waals surface area contributed by atoms with Crippen molar-refractivity contribution < 1.29 is 19.7 Å². The van der Waals surface area contributed by atoms with Crippen molar-refractivity contribution in [1.82, 2.24) is 0 Å². The average molecular weight is 477 g/mol. The molecule has 4 heteroatoms. The van der Waals surface area contributed by atoms with E-state index in [0.29, 0.717) is 6.61 Å². The van der Waals surface area contributed by atoms with Gasteiger partial charge in [-0.1, -0.05) is 135 Å². The summed E-state index contributed by atoms with van der Waals surface area (Å²) in [6.07, 6.45) is 25.3. The molecule has 34 heavy (non-hydrogen) atoms. The highest BCUT2D eigenvalue weighted by Crippen LogP contribution is 2.28. The van der Waals surface area contributed by atoms with Gasteiger partial charge in [0.1, 0.15) is 5.56 Å². The Morgan fingerprint density at radius 1 is 0.735 bits per heavy atom. The second kappa shape index (κ2) is 20.6. The Balaban J connectivity index is 1.78. The Morgan fingerprint density at radius 3 is 1.65 bits per heavy atom. The first-order chi connectivity index (χ1) is 16.6. The molecule has 0 amide bonds. The molecule has 0 aromatic heterocycles. The SMILES string of the molecule is CCC(C)CCCCCCCCCCCCCCCCCCCOC(=O)c1cccc(O)c1O. The van der Waals surface area contributed by atoms with E-state index in [2.05, 4.69) is 13.8 Å². The third kappa shape index (κ3) is 15.2. The summed E-state index contributed by atoms with van der Waals surface area (Å²) in [4.78, 5) is 11.9. The van der Waals surface area contributed by atoms with Crippen LogP contribution in [0.5, 0.6) is 11.5 Å². The van der Waals surface area contributed by atoms with Crippen molar-refractivity contribution in [3.05, 3.63) is 23.8 Å². The number of hydrogen-bond donors (Lipinski definition) is 2. The molecule has 1 aromatic carbocycles. The molecule has 1 aromatic rings. The number of ether oxygens (including phenoxy) is 1. The minimum atomic E-state index is -0.583. The van der Waals surface area contributed by atoms with Crippen LogP contribution in [0, 0.1) is 5.92 Å². The molecular formula is C30H52O4. The van der Waals surface area contributed by atoms with Crippen molar-refractivity contribution in [3.63, 3.8) is 0 Å². The second-order valence-electron chi connectivity index (χ2n) is 10.1. The number of para-hydroxylation sites is 1. The Morgan fingerprint density at radius 2 is 1.18 bits per heavy atom. The van der Waals surface area contributed by atoms with Crippen LogP contribution < -0.4 is 0 Å². The zero-order chi connectivity index (χ0) is 24.9. The van der Waals surface area contributed by atoms with E-state index in [0.717, 1.165) is 18.8 Å². The van der Waals surface area contributed by atoms with E-state index >= 15 is 0 Å². The van der Waals surface area contributed by atoms with Gasteiger partial charge >= 0.3 is 5.97 Å². The topological polar surface area (TPSA) is 66.8 Å². The van der Waals surface area contributed by atoms with Crippen LogP contribution in [0.25, 0.3) is 0 Å². The molecule has 4 nitrogen and oxygen atoms in total. The van der Waals surface area contributed by atoms with Gasteiger partial charge in [0, 0.05) is 0 Å². The van der Waals surface area contributed by atoms with E-state index in [4.69, 9.17) is 4.74 Å². The first kappa shape index (κ1) is 30.3. The molecule has 0 heterocycles. The number of unbranched alkanes of at least 4 members (excludes halogenated alkanes) is 16. The molecule has 0 saturated heterocycles. The highest BCUT2D eigenvalue weighted by atomic mass is 16.5. The Labute approximate surface area is 209 Å². The van der Waals surface area contributed by atoms with E-state index in [1.165, 1.54) is 127 Å². The quantitative estimate of drug-likeness (QED) is 0.0993. The summed E-state index contributed by atoms with van der Waals surface area (Å²) in [5.74, 6) is -0.381. The molecule has 196 valence electrons. The number of aromatic hydroxyl groups is 2. The Bertz CT molecular complexity index is 628. The fraction of sp³-hybridized carbons (Fsp3) is 0.767. The molecule has 1 rings (SSSR count). The summed E-state index contributed by atoms with van der Waals surface area (Å²) in [5.41, 5.74) is 0.0166. The summed E-state index contributed by atoms with van der Waals surface area (Å²) in [6.45, 7) is 5.03. The summed E-state index contributed by atoms with van der Waals surface area (Å²) >= 11 is 0. The van der Waals surface area contributed by atoms with E-state index in [-0.39, 0.29) is 11.3 Å². The maximum atomic E-state index is 11.9. The summed E-state index contributed by atoms with van der Waals surface area (Å²) in [5, 5.41) is 19.1. The van der Waals surface area contributed by atoms with Gasteiger partial charge in [0.15, 0.2) is 11.5 Å². The van der Waals surface area contributed by atoms with Crippen LogP contribution in [0.3, 0.4) is 0 Å². The molecule has 0 aliphatic rings. The van der Waals surface area contributed by atoms with Crippen molar-refractivity contribution >= 4 is 5.97 Å². The molecule has 1 atom stereocenters. The molecule has 0 bridgehead atoms. The van der Waals surface area contributed by atoms with Crippen molar-refractivity contribution in [2.45, 2.75) is 136 Å².